The van der Waals surface area contributed by atoms with Crippen LogP contribution >= 0.6 is 0 Å². The van der Waals surface area contributed by atoms with E-state index in [1.807, 2.05) is 0 Å². The number of hydrogen-bond donors (Lipinski definition) is 1. The molecule has 0 radical (unpaired) electrons. The highest BCUT2D eigenvalue weighted by Gasteiger charge is 2.33. The largest absolute Gasteiger partial charge is 0.493 e. The van der Waals surface area contributed by atoms with Gasteiger partial charge in [0.15, 0.2) is 11.5 Å². The van der Waals surface area contributed by atoms with Gasteiger partial charge in [-0.05, 0) is 42.0 Å². The molecule has 0 unspecified atom stereocenters. The second kappa shape index (κ2) is 11.1. The first-order valence-electron chi connectivity index (χ1n) is 10.3. The summed E-state index contributed by atoms with van der Waals surface area (Å²) < 4.78 is 49.5. The predicted octanol–water partition coefficient (Wildman–Crippen LogP) is 5.87. The van der Waals surface area contributed by atoms with E-state index in [1.165, 1.54) is 49.6 Å². The third-order valence-corrected chi connectivity index (χ3v) is 4.88. The Morgan fingerprint density at radius 2 is 1.71 bits per heavy atom. The number of ether oxygens (including phenoxy) is 2. The van der Waals surface area contributed by atoms with Gasteiger partial charge in [0.2, 0.25) is 5.75 Å². The van der Waals surface area contributed by atoms with Crippen molar-refractivity contribution in [2.24, 2.45) is 0 Å². The first-order chi connectivity index (χ1) is 17.9. The minimum Gasteiger partial charge on any atom is -0.493 e. The van der Waals surface area contributed by atoms with Gasteiger partial charge >= 0.3 is 11.9 Å². The summed E-state index contributed by atoms with van der Waals surface area (Å²) >= 11 is 0. The lowest BCUT2D eigenvalue weighted by Gasteiger charge is -2.13. The molecule has 1 amide bonds. The Bertz CT molecular complexity index is 1500. The number of non-ortho nitro benzene ring substituents is 1. The zero-order chi connectivity index (χ0) is 28.0. The minimum absolute atomic E-state index is 0.00988. The normalized spacial score (nSPS) is 11.3. The summed E-state index contributed by atoms with van der Waals surface area (Å²) in [6, 6.07) is 12.6. The van der Waals surface area contributed by atoms with Crippen molar-refractivity contribution in [3.05, 3.63) is 97.6 Å². The number of rotatable bonds is 8. The van der Waals surface area contributed by atoms with Gasteiger partial charge in [0.1, 0.15) is 11.6 Å². The first-order valence-corrected chi connectivity index (χ1v) is 10.3. The van der Waals surface area contributed by atoms with E-state index in [1.54, 1.807) is 6.07 Å². The van der Waals surface area contributed by atoms with Crippen LogP contribution in [0, 0.1) is 31.6 Å². The zero-order valence-electron chi connectivity index (χ0n) is 19.2. The molecule has 3 aromatic carbocycles. The molecule has 0 saturated heterocycles. The number of methoxy groups -OCH3 is 1. The van der Waals surface area contributed by atoms with Gasteiger partial charge < -0.3 is 14.8 Å². The van der Waals surface area contributed by atoms with Gasteiger partial charge in [-0.3, -0.25) is 25.0 Å². The summed E-state index contributed by atoms with van der Waals surface area (Å²) in [5, 5.41) is 34.0. The van der Waals surface area contributed by atoms with E-state index in [2.05, 4.69) is 5.32 Å². The van der Waals surface area contributed by atoms with E-state index in [0.717, 1.165) is 12.1 Å². The maximum atomic E-state index is 12.9. The van der Waals surface area contributed by atoms with Gasteiger partial charge in [0.25, 0.3) is 11.6 Å². The molecule has 38 heavy (non-hydrogen) atoms. The molecule has 0 heterocycles. The first kappa shape index (κ1) is 27.1. The second-order valence-corrected chi connectivity index (χ2v) is 7.38. The van der Waals surface area contributed by atoms with Gasteiger partial charge in [-0.1, -0.05) is 12.1 Å². The summed E-state index contributed by atoms with van der Waals surface area (Å²) in [6.07, 6.45) is -3.62. The molecular formula is C24H15F3N4O7. The van der Waals surface area contributed by atoms with Crippen LogP contribution in [0.4, 0.5) is 30.2 Å². The second-order valence-electron chi connectivity index (χ2n) is 7.38. The van der Waals surface area contributed by atoms with E-state index >= 15 is 0 Å². The van der Waals surface area contributed by atoms with Crippen LogP contribution in [0.3, 0.4) is 0 Å². The number of halogens is 3. The topological polar surface area (TPSA) is 158 Å². The van der Waals surface area contributed by atoms with Gasteiger partial charge in [-0.25, -0.2) is 0 Å². The average molecular weight is 528 g/mol. The molecule has 0 aliphatic carbocycles. The summed E-state index contributed by atoms with van der Waals surface area (Å²) in [6.45, 7) is 0. The van der Waals surface area contributed by atoms with Gasteiger partial charge in [0, 0.05) is 23.9 Å². The van der Waals surface area contributed by atoms with Gasteiger partial charge in [-0.15, -0.1) is 0 Å². The number of anilines is 1. The van der Waals surface area contributed by atoms with Gasteiger partial charge in [0.05, 0.1) is 22.5 Å². The minimum atomic E-state index is -4.80. The molecule has 3 rings (SSSR count). The smallest absolute Gasteiger partial charge is 0.416 e. The van der Waals surface area contributed by atoms with Crippen LogP contribution in [0.2, 0.25) is 0 Å². The number of carbonyl (C=O) groups is 1. The Hall–Kier alpha value is -5.45. The fourth-order valence-corrected chi connectivity index (χ4v) is 3.11. The Morgan fingerprint density at radius 3 is 2.32 bits per heavy atom. The number of nitriles is 1. The van der Waals surface area contributed by atoms with Crippen LogP contribution in [0.25, 0.3) is 6.08 Å². The fraction of sp³-hybridized carbons (Fsp3) is 0.0833. The summed E-state index contributed by atoms with van der Waals surface area (Å²) in [5.41, 5.74) is -2.43. The van der Waals surface area contributed by atoms with Crippen molar-refractivity contribution in [1.29, 1.82) is 5.26 Å². The molecule has 0 spiro atoms. The quantitative estimate of drug-likeness (QED) is 0.165. The van der Waals surface area contributed by atoms with Crippen LogP contribution in [-0.4, -0.2) is 22.9 Å². The third kappa shape index (κ3) is 6.40. The molecule has 11 nitrogen and oxygen atoms in total. The molecule has 0 saturated carbocycles. The number of hydrogen-bond acceptors (Lipinski definition) is 8. The molecule has 3 aromatic rings. The number of nitrogens with zero attached hydrogens (tertiary/aromatic N) is 3. The predicted molar refractivity (Wildman–Crippen MR) is 126 cm³/mol. The van der Waals surface area contributed by atoms with E-state index in [0.29, 0.717) is 12.1 Å². The van der Waals surface area contributed by atoms with Crippen molar-refractivity contribution in [3.8, 4) is 23.3 Å². The van der Waals surface area contributed by atoms with E-state index in [-0.39, 0.29) is 34.0 Å². The standard InChI is InChI=1S/C24H15F3N4O7/c1-37-22-10-14(9-15(13-28)23(32)29-17-3-2-4-18(12-17)30(33)34)5-7-21(22)38-20-8-6-16(24(25,26)27)11-19(20)31(35)36/h2-12H,1H3,(H,29,32)/b15-9+. The highest BCUT2D eigenvalue weighted by molar-refractivity contribution is 6.09. The highest BCUT2D eigenvalue weighted by Crippen LogP contribution is 2.40. The molecule has 1 N–H and O–H groups in total. The average Bonchev–Trinajstić information content (AvgIpc) is 2.87. The number of carbonyl (C=O) groups excluding carboxylic acids is 1. The summed E-state index contributed by atoms with van der Waals surface area (Å²) in [7, 11) is 1.23. The Morgan fingerprint density at radius 1 is 1.00 bits per heavy atom. The fourth-order valence-electron chi connectivity index (χ4n) is 3.11. The van der Waals surface area contributed by atoms with Crippen molar-refractivity contribution < 1.29 is 37.3 Å². The Labute approximate surface area is 211 Å². The summed E-state index contributed by atoms with van der Waals surface area (Å²) in [5.74, 6) is -1.43. The lowest BCUT2D eigenvalue weighted by atomic mass is 10.1. The van der Waals surface area contributed by atoms with E-state index in [4.69, 9.17) is 9.47 Å². The number of nitro groups is 2. The highest BCUT2D eigenvalue weighted by atomic mass is 19.4. The molecule has 194 valence electrons. The van der Waals surface area contributed by atoms with E-state index < -0.39 is 38.9 Å². The number of alkyl halides is 3. The van der Waals surface area contributed by atoms with Crippen LogP contribution in [0.1, 0.15) is 11.1 Å². The van der Waals surface area contributed by atoms with Crippen LogP contribution < -0.4 is 14.8 Å². The molecule has 0 aliphatic heterocycles. The molecule has 0 atom stereocenters. The summed E-state index contributed by atoms with van der Waals surface area (Å²) in [4.78, 5) is 33.1. The zero-order valence-corrected chi connectivity index (χ0v) is 19.2. The van der Waals surface area contributed by atoms with Crippen LogP contribution in [0.15, 0.2) is 66.2 Å². The van der Waals surface area contributed by atoms with Gasteiger partial charge in [-0.2, -0.15) is 18.4 Å². The Kier molecular flexibility index (Phi) is 7.91. The molecule has 0 fully saturated rings. The maximum absolute atomic E-state index is 12.9. The van der Waals surface area contributed by atoms with E-state index in [9.17, 15) is 43.5 Å². The molecule has 0 aliphatic rings. The lowest BCUT2D eigenvalue weighted by Crippen LogP contribution is -2.13. The molecule has 14 heteroatoms. The SMILES string of the molecule is COc1cc(/C=C(\C#N)C(=O)Nc2cccc([N+](=O)[O-])c2)ccc1Oc1ccc(C(F)(F)F)cc1[N+](=O)[O-]. The van der Waals surface area contributed by atoms with Crippen molar-refractivity contribution in [2.45, 2.75) is 6.18 Å². The number of benzene rings is 3. The van der Waals surface area contributed by atoms with Crippen molar-refractivity contribution in [1.82, 2.24) is 0 Å². The molecule has 0 bridgehead atoms. The monoisotopic (exact) mass is 528 g/mol. The van der Waals surface area contributed by atoms with Crippen LogP contribution in [-0.2, 0) is 11.0 Å². The third-order valence-electron chi connectivity index (χ3n) is 4.88. The maximum Gasteiger partial charge on any atom is 0.416 e. The van der Waals surface area contributed by atoms with Crippen molar-refractivity contribution in [2.75, 3.05) is 12.4 Å². The molecular weight excluding hydrogens is 513 g/mol. The molecule has 0 aromatic heterocycles. The Balaban J connectivity index is 1.88. The van der Waals surface area contributed by atoms with Crippen molar-refractivity contribution >= 4 is 29.0 Å². The lowest BCUT2D eigenvalue weighted by molar-refractivity contribution is -0.385. The van der Waals surface area contributed by atoms with Crippen molar-refractivity contribution in [3.63, 3.8) is 0 Å². The van der Waals surface area contributed by atoms with Crippen LogP contribution in [0.5, 0.6) is 17.2 Å². The number of amides is 1. The number of nitrogens with one attached hydrogen (secondary N) is 1. The number of nitro benzene ring substituents is 2.